The van der Waals surface area contributed by atoms with E-state index in [-0.39, 0.29) is 32.2 Å². The van der Waals surface area contributed by atoms with E-state index in [0.29, 0.717) is 6.21 Å². The van der Waals surface area contributed by atoms with Gasteiger partial charge < -0.3 is 26.5 Å². The molecule has 0 spiro atoms. The Morgan fingerprint density at radius 1 is 0.968 bits per heavy atom. The second-order valence-electron chi connectivity index (χ2n) is 7.10. The zero-order chi connectivity index (χ0) is 23.4. The lowest BCUT2D eigenvalue weighted by molar-refractivity contribution is -0.138. The van der Waals surface area contributed by atoms with Crippen molar-refractivity contribution in [1.82, 2.24) is 16.0 Å². The molecule has 0 bridgehead atoms. The van der Waals surface area contributed by atoms with Crippen molar-refractivity contribution in [2.75, 3.05) is 0 Å². The van der Waals surface area contributed by atoms with Gasteiger partial charge in [-0.25, -0.2) is 0 Å². The number of amides is 3. The first-order valence-electron chi connectivity index (χ1n) is 9.78. The van der Waals surface area contributed by atoms with Gasteiger partial charge in [-0.15, -0.1) is 0 Å². The molecule has 0 saturated carbocycles. The van der Waals surface area contributed by atoms with Crippen LogP contribution in [0.25, 0.3) is 0 Å². The van der Waals surface area contributed by atoms with Crippen molar-refractivity contribution in [1.29, 1.82) is 5.41 Å². The summed E-state index contributed by atoms with van der Waals surface area (Å²) in [5, 5.41) is 23.4. The van der Waals surface area contributed by atoms with E-state index in [1.54, 1.807) is 0 Å². The summed E-state index contributed by atoms with van der Waals surface area (Å²) in [5.74, 6) is -3.42. The van der Waals surface area contributed by atoms with Crippen molar-refractivity contribution in [3.63, 3.8) is 0 Å². The number of nitrogens with one attached hydrogen (secondary N) is 4. The molecule has 10 nitrogen and oxygen atoms in total. The predicted molar refractivity (Wildman–Crippen MR) is 112 cm³/mol. The first-order chi connectivity index (χ1) is 14.6. The van der Waals surface area contributed by atoms with E-state index in [0.717, 1.165) is 11.1 Å². The summed E-state index contributed by atoms with van der Waals surface area (Å²) in [4.78, 5) is 58.9. The molecule has 168 valence electrons. The molecule has 0 heterocycles. The fourth-order valence-electron chi connectivity index (χ4n) is 2.70. The molecule has 2 atom stereocenters. The largest absolute Gasteiger partial charge is 0.481 e. The van der Waals surface area contributed by atoms with Crippen molar-refractivity contribution in [3.05, 3.63) is 35.4 Å². The number of benzene rings is 1. The monoisotopic (exact) mass is 432 g/mol. The Balaban J connectivity index is 2.86. The topological polar surface area (TPSA) is 166 Å². The van der Waals surface area contributed by atoms with Crippen LogP contribution in [0.15, 0.2) is 24.3 Å². The van der Waals surface area contributed by atoms with Crippen LogP contribution in [0.2, 0.25) is 0 Å². The molecule has 0 aromatic heterocycles. The Morgan fingerprint density at radius 2 is 1.55 bits per heavy atom. The fourth-order valence-corrected chi connectivity index (χ4v) is 2.70. The molecule has 31 heavy (non-hydrogen) atoms. The maximum Gasteiger partial charge on any atom is 0.303 e. The molecular weight excluding hydrogens is 404 g/mol. The van der Waals surface area contributed by atoms with Crippen molar-refractivity contribution in [2.24, 2.45) is 0 Å². The maximum absolute atomic E-state index is 12.7. The molecule has 0 aliphatic heterocycles. The van der Waals surface area contributed by atoms with E-state index >= 15 is 0 Å². The van der Waals surface area contributed by atoms with Crippen LogP contribution in [-0.2, 0) is 30.5 Å². The van der Waals surface area contributed by atoms with E-state index in [1.165, 1.54) is 6.92 Å². The lowest BCUT2D eigenvalue weighted by Gasteiger charge is -2.22. The number of aryl methyl sites for hydroxylation is 1. The highest BCUT2D eigenvalue weighted by Gasteiger charge is 2.27. The zero-order valence-corrected chi connectivity index (χ0v) is 17.6. The highest BCUT2D eigenvalue weighted by molar-refractivity contribution is 6.26. The first-order valence-corrected chi connectivity index (χ1v) is 9.78. The summed E-state index contributed by atoms with van der Waals surface area (Å²) in [6.07, 6.45) is -0.0549. The van der Waals surface area contributed by atoms with Gasteiger partial charge in [-0.05, 0) is 25.3 Å². The highest BCUT2D eigenvalue weighted by Crippen LogP contribution is 2.06. The number of carboxylic acid groups (broad SMARTS) is 1. The predicted octanol–water partition coefficient (Wildman–Crippen LogP) is 0.464. The summed E-state index contributed by atoms with van der Waals surface area (Å²) in [6, 6.07) is 5.25. The minimum Gasteiger partial charge on any atom is -0.481 e. The molecule has 0 aliphatic rings. The van der Waals surface area contributed by atoms with E-state index in [9.17, 15) is 24.0 Å². The molecule has 1 rings (SSSR count). The minimum atomic E-state index is -1.14. The van der Waals surface area contributed by atoms with E-state index in [1.807, 2.05) is 31.2 Å². The molecule has 3 amide bonds. The fraction of sp³-hybridized carbons (Fsp3) is 0.429. The minimum absolute atomic E-state index is 0.0502. The standard InChI is InChI=1S/C21H28N4O6/c1-13-3-5-15(6-4-13)12-23-20(30)17(8-7-16(27)11-22)25-21(31)18(24-14(2)26)9-10-19(28)29/h3-6,11,17-18,22H,7-10,12H2,1-2H3,(H,23,30)(H,24,26)(H,25,31)(H,28,29)/t17-,18-/m0/s1. The van der Waals surface area contributed by atoms with E-state index in [4.69, 9.17) is 10.5 Å². The molecular formula is C21H28N4O6. The van der Waals surface area contributed by atoms with Crippen LogP contribution < -0.4 is 16.0 Å². The summed E-state index contributed by atoms with van der Waals surface area (Å²) in [5.41, 5.74) is 1.91. The Morgan fingerprint density at radius 3 is 2.10 bits per heavy atom. The van der Waals surface area contributed by atoms with Gasteiger partial charge in [0, 0.05) is 26.3 Å². The second-order valence-corrected chi connectivity index (χ2v) is 7.10. The Kier molecular flexibility index (Phi) is 10.6. The number of aliphatic carboxylic acids is 1. The lowest BCUT2D eigenvalue weighted by atomic mass is 10.1. The molecule has 0 unspecified atom stereocenters. The van der Waals surface area contributed by atoms with Crippen molar-refractivity contribution in [2.45, 2.75) is 58.2 Å². The SMILES string of the molecule is CC(=O)N[C@@H](CCC(=O)O)C(=O)N[C@@H](CCC(=O)C=N)C(=O)NCc1ccc(C)cc1. The third kappa shape index (κ3) is 10.2. The lowest BCUT2D eigenvalue weighted by Crippen LogP contribution is -2.53. The quantitative estimate of drug-likeness (QED) is 0.284. The van der Waals surface area contributed by atoms with Crippen molar-refractivity contribution >= 4 is 35.7 Å². The van der Waals surface area contributed by atoms with Gasteiger partial charge in [-0.1, -0.05) is 29.8 Å². The maximum atomic E-state index is 12.7. The number of carbonyl (C=O) groups is 5. The number of hydrogen-bond donors (Lipinski definition) is 5. The second kappa shape index (κ2) is 12.9. The van der Waals surface area contributed by atoms with Gasteiger partial charge in [0.15, 0.2) is 5.78 Å². The van der Waals surface area contributed by atoms with Crippen LogP contribution in [0.4, 0.5) is 0 Å². The zero-order valence-electron chi connectivity index (χ0n) is 17.6. The van der Waals surface area contributed by atoms with E-state index in [2.05, 4.69) is 16.0 Å². The van der Waals surface area contributed by atoms with Crippen LogP contribution >= 0.6 is 0 Å². The van der Waals surface area contributed by atoms with Crippen molar-refractivity contribution < 1.29 is 29.1 Å². The number of carbonyl (C=O) groups excluding carboxylic acids is 4. The Hall–Kier alpha value is -3.56. The number of hydrogen-bond acceptors (Lipinski definition) is 6. The molecule has 0 fully saturated rings. The number of rotatable bonds is 13. The van der Waals surface area contributed by atoms with Gasteiger partial charge in [0.05, 0.1) is 6.21 Å². The smallest absolute Gasteiger partial charge is 0.303 e. The molecule has 5 N–H and O–H groups in total. The summed E-state index contributed by atoms with van der Waals surface area (Å²) < 4.78 is 0. The third-order valence-electron chi connectivity index (χ3n) is 4.40. The van der Waals surface area contributed by atoms with Gasteiger partial charge >= 0.3 is 5.97 Å². The summed E-state index contributed by atoms with van der Waals surface area (Å²) >= 11 is 0. The number of carboxylic acids is 1. The van der Waals surface area contributed by atoms with Crippen LogP contribution in [0.3, 0.4) is 0 Å². The molecule has 0 aliphatic carbocycles. The van der Waals surface area contributed by atoms with Gasteiger partial charge in [0.1, 0.15) is 12.1 Å². The highest BCUT2D eigenvalue weighted by atomic mass is 16.4. The van der Waals surface area contributed by atoms with Gasteiger partial charge in [-0.3, -0.25) is 24.0 Å². The van der Waals surface area contributed by atoms with E-state index < -0.39 is 41.6 Å². The van der Waals surface area contributed by atoms with Crippen LogP contribution in [0.1, 0.15) is 43.7 Å². The third-order valence-corrected chi connectivity index (χ3v) is 4.40. The van der Waals surface area contributed by atoms with Crippen LogP contribution in [0.5, 0.6) is 0 Å². The summed E-state index contributed by atoms with van der Waals surface area (Å²) in [7, 11) is 0. The van der Waals surface area contributed by atoms with Crippen LogP contribution in [0, 0.1) is 12.3 Å². The van der Waals surface area contributed by atoms with Crippen LogP contribution in [-0.4, -0.2) is 52.9 Å². The number of ketones is 1. The summed E-state index contributed by atoms with van der Waals surface area (Å²) in [6.45, 7) is 3.33. The average molecular weight is 432 g/mol. The normalized spacial score (nSPS) is 12.2. The number of Topliss-reactive ketones (excluding diaryl/α,β-unsaturated/α-hetero) is 1. The van der Waals surface area contributed by atoms with Gasteiger partial charge in [0.25, 0.3) is 0 Å². The Labute approximate surface area is 180 Å². The average Bonchev–Trinajstić information content (AvgIpc) is 2.72. The van der Waals surface area contributed by atoms with Gasteiger partial charge in [-0.2, -0.15) is 0 Å². The molecule has 0 radical (unpaired) electrons. The molecule has 0 saturated heterocycles. The molecule has 1 aromatic carbocycles. The first kappa shape index (κ1) is 25.5. The van der Waals surface area contributed by atoms with Crippen molar-refractivity contribution in [3.8, 4) is 0 Å². The molecule has 1 aromatic rings. The Bertz CT molecular complexity index is 822. The molecule has 10 heteroatoms. The van der Waals surface area contributed by atoms with Gasteiger partial charge in [0.2, 0.25) is 17.7 Å².